The molecule has 0 unspecified atom stereocenters. The Morgan fingerprint density at radius 2 is 2.20 bits per heavy atom. The van der Waals surface area contributed by atoms with Crippen LogP contribution in [0.25, 0.3) is 0 Å². The van der Waals surface area contributed by atoms with Gasteiger partial charge in [0.1, 0.15) is 0 Å². The summed E-state index contributed by atoms with van der Waals surface area (Å²) in [4.78, 5) is 3.88. The van der Waals surface area contributed by atoms with Gasteiger partial charge in [-0.05, 0) is 13.8 Å². The van der Waals surface area contributed by atoms with E-state index < -0.39 is 0 Å². The summed E-state index contributed by atoms with van der Waals surface area (Å²) in [6, 6.07) is 0.410. The first-order chi connectivity index (χ1) is 4.22. The summed E-state index contributed by atoms with van der Waals surface area (Å²) in [5, 5.41) is 0. The lowest BCUT2D eigenvalue weighted by atomic mass is 10.4. The number of rotatable bonds is 1. The maximum Gasteiger partial charge on any atom is 0.200 e. The van der Waals surface area contributed by atoms with Crippen LogP contribution < -0.4 is 5.73 Å². The maximum absolute atomic E-state index is 5.49. The summed E-state index contributed by atoms with van der Waals surface area (Å²) in [6.45, 7) is 4.14. The van der Waals surface area contributed by atoms with E-state index in [0.29, 0.717) is 12.0 Å². The van der Waals surface area contributed by atoms with Crippen molar-refractivity contribution < 1.29 is 0 Å². The van der Waals surface area contributed by atoms with Crippen molar-refractivity contribution in [1.29, 1.82) is 0 Å². The Morgan fingerprint density at radius 1 is 1.60 bits per heavy atom. The minimum atomic E-state index is 0. The van der Waals surface area contributed by atoms with Gasteiger partial charge < -0.3 is 10.3 Å². The predicted molar refractivity (Wildman–Crippen MR) is 44.3 cm³/mol. The summed E-state index contributed by atoms with van der Waals surface area (Å²) < 4.78 is 1.92. The van der Waals surface area contributed by atoms with Crippen LogP contribution in [0.2, 0.25) is 0 Å². The van der Waals surface area contributed by atoms with Gasteiger partial charge in [-0.3, -0.25) is 0 Å². The van der Waals surface area contributed by atoms with E-state index in [2.05, 4.69) is 18.8 Å². The molecule has 0 aliphatic heterocycles. The van der Waals surface area contributed by atoms with Crippen LogP contribution in [-0.2, 0) is 0 Å². The molecule has 3 nitrogen and oxygen atoms in total. The topological polar surface area (TPSA) is 43.8 Å². The Hall–Kier alpha value is -0.700. The van der Waals surface area contributed by atoms with Crippen molar-refractivity contribution in [1.82, 2.24) is 9.55 Å². The zero-order valence-corrected chi connectivity index (χ0v) is 6.93. The van der Waals surface area contributed by atoms with Gasteiger partial charge in [-0.15, -0.1) is 12.4 Å². The highest BCUT2D eigenvalue weighted by Gasteiger charge is 1.98. The van der Waals surface area contributed by atoms with Crippen molar-refractivity contribution >= 4 is 18.4 Å². The second-order valence-electron chi connectivity index (χ2n) is 2.29. The average molecular weight is 162 g/mol. The Balaban J connectivity index is 0.000000810. The zero-order valence-electron chi connectivity index (χ0n) is 6.11. The fourth-order valence-corrected chi connectivity index (χ4v) is 0.761. The molecule has 0 bridgehead atoms. The van der Waals surface area contributed by atoms with Crippen LogP contribution in [0.3, 0.4) is 0 Å². The number of nitrogen functional groups attached to an aromatic ring is 1. The molecule has 0 fully saturated rings. The van der Waals surface area contributed by atoms with E-state index in [4.69, 9.17) is 5.73 Å². The lowest BCUT2D eigenvalue weighted by Crippen LogP contribution is -2.03. The highest BCUT2D eigenvalue weighted by Crippen LogP contribution is 2.07. The molecule has 1 aromatic rings. The molecule has 1 aromatic heterocycles. The van der Waals surface area contributed by atoms with Crippen molar-refractivity contribution in [2.24, 2.45) is 0 Å². The Kier molecular flexibility index (Phi) is 3.22. The summed E-state index contributed by atoms with van der Waals surface area (Å²) >= 11 is 0. The zero-order chi connectivity index (χ0) is 6.85. The minimum absolute atomic E-state index is 0. The maximum atomic E-state index is 5.49. The van der Waals surface area contributed by atoms with Gasteiger partial charge in [-0.25, -0.2) is 4.98 Å². The van der Waals surface area contributed by atoms with Gasteiger partial charge in [-0.2, -0.15) is 0 Å². The van der Waals surface area contributed by atoms with Crippen molar-refractivity contribution in [3.8, 4) is 0 Å². The third kappa shape index (κ3) is 1.64. The molecule has 0 aromatic carbocycles. The smallest absolute Gasteiger partial charge is 0.200 e. The third-order valence-corrected chi connectivity index (χ3v) is 1.25. The molecule has 58 valence electrons. The highest BCUT2D eigenvalue weighted by molar-refractivity contribution is 5.85. The fourth-order valence-electron chi connectivity index (χ4n) is 0.761. The predicted octanol–water partition coefficient (Wildman–Crippen LogP) is 1.47. The number of anilines is 1. The van der Waals surface area contributed by atoms with E-state index in [9.17, 15) is 0 Å². The quantitative estimate of drug-likeness (QED) is 0.678. The normalized spacial score (nSPS) is 9.50. The van der Waals surface area contributed by atoms with Crippen molar-refractivity contribution in [3.63, 3.8) is 0 Å². The van der Waals surface area contributed by atoms with E-state index in [-0.39, 0.29) is 12.4 Å². The van der Waals surface area contributed by atoms with E-state index in [0.717, 1.165) is 0 Å². The first-order valence-corrected chi connectivity index (χ1v) is 3.00. The van der Waals surface area contributed by atoms with Crippen molar-refractivity contribution in [3.05, 3.63) is 12.4 Å². The lowest BCUT2D eigenvalue weighted by Gasteiger charge is -2.06. The molecule has 0 saturated carbocycles. The molecule has 1 rings (SSSR count). The average Bonchev–Trinajstić information content (AvgIpc) is 2.13. The molecule has 10 heavy (non-hydrogen) atoms. The monoisotopic (exact) mass is 161 g/mol. The molecule has 0 atom stereocenters. The Bertz CT molecular complexity index is 195. The molecule has 0 aliphatic rings. The Morgan fingerprint density at radius 3 is 2.40 bits per heavy atom. The van der Waals surface area contributed by atoms with Crippen LogP contribution in [0, 0.1) is 0 Å². The number of imidazole rings is 1. The molecular weight excluding hydrogens is 150 g/mol. The van der Waals surface area contributed by atoms with Crippen molar-refractivity contribution in [2.75, 3.05) is 5.73 Å². The van der Waals surface area contributed by atoms with Crippen LogP contribution >= 0.6 is 12.4 Å². The van der Waals surface area contributed by atoms with Gasteiger partial charge in [-0.1, -0.05) is 0 Å². The van der Waals surface area contributed by atoms with E-state index in [1.165, 1.54) is 0 Å². The summed E-state index contributed by atoms with van der Waals surface area (Å²) in [5.74, 6) is 0.588. The van der Waals surface area contributed by atoms with Gasteiger partial charge in [0.05, 0.1) is 0 Å². The molecule has 0 amide bonds. The summed E-state index contributed by atoms with van der Waals surface area (Å²) in [6.07, 6.45) is 3.58. The van der Waals surface area contributed by atoms with E-state index in [1.54, 1.807) is 6.20 Å². The van der Waals surface area contributed by atoms with Crippen LogP contribution in [0.4, 0.5) is 5.95 Å². The molecule has 0 radical (unpaired) electrons. The minimum Gasteiger partial charge on any atom is -0.369 e. The van der Waals surface area contributed by atoms with Gasteiger partial charge in [0, 0.05) is 18.4 Å². The molecule has 0 spiro atoms. The number of nitrogens with zero attached hydrogens (tertiary/aromatic N) is 2. The van der Waals surface area contributed by atoms with E-state index >= 15 is 0 Å². The summed E-state index contributed by atoms with van der Waals surface area (Å²) in [5.41, 5.74) is 5.49. The van der Waals surface area contributed by atoms with Gasteiger partial charge in [0.25, 0.3) is 0 Å². The number of halogens is 1. The fraction of sp³-hybridized carbons (Fsp3) is 0.500. The van der Waals surface area contributed by atoms with Gasteiger partial charge in [0.2, 0.25) is 0 Å². The van der Waals surface area contributed by atoms with Crippen LogP contribution in [0.5, 0.6) is 0 Å². The van der Waals surface area contributed by atoms with Gasteiger partial charge in [0.15, 0.2) is 5.95 Å². The first kappa shape index (κ1) is 9.30. The standard InChI is InChI=1S/C6H11N3.ClH/c1-5(2)9-4-3-8-6(9)7;/h3-5H,1-2H3,(H2,7,8);1H. The highest BCUT2D eigenvalue weighted by atomic mass is 35.5. The first-order valence-electron chi connectivity index (χ1n) is 3.00. The summed E-state index contributed by atoms with van der Waals surface area (Å²) in [7, 11) is 0. The van der Waals surface area contributed by atoms with E-state index in [1.807, 2.05) is 10.8 Å². The molecule has 0 aliphatic carbocycles. The number of nitrogens with two attached hydrogens (primary N) is 1. The second-order valence-corrected chi connectivity index (χ2v) is 2.29. The molecule has 4 heteroatoms. The lowest BCUT2D eigenvalue weighted by molar-refractivity contribution is 0.609. The second kappa shape index (κ2) is 3.46. The Labute approximate surface area is 66.7 Å². The van der Waals surface area contributed by atoms with Gasteiger partial charge >= 0.3 is 0 Å². The molecular formula is C6H12ClN3. The number of hydrogen-bond acceptors (Lipinski definition) is 2. The van der Waals surface area contributed by atoms with Crippen LogP contribution in [0.15, 0.2) is 12.4 Å². The number of aromatic nitrogens is 2. The molecule has 1 heterocycles. The molecule has 0 saturated heterocycles. The number of hydrogen-bond donors (Lipinski definition) is 1. The van der Waals surface area contributed by atoms with Crippen molar-refractivity contribution in [2.45, 2.75) is 19.9 Å². The van der Waals surface area contributed by atoms with Crippen LogP contribution in [-0.4, -0.2) is 9.55 Å². The van der Waals surface area contributed by atoms with Crippen LogP contribution in [0.1, 0.15) is 19.9 Å². The SMILES string of the molecule is CC(C)n1ccnc1N.Cl. The largest absolute Gasteiger partial charge is 0.369 e. The third-order valence-electron chi connectivity index (χ3n) is 1.25. The molecule has 2 N–H and O–H groups in total.